The van der Waals surface area contributed by atoms with Gasteiger partial charge >= 0.3 is 0 Å². The third-order valence-electron chi connectivity index (χ3n) is 0.707. The highest BCUT2D eigenvalue weighted by Gasteiger charge is 1.80. The van der Waals surface area contributed by atoms with Gasteiger partial charge in [-0.15, -0.1) is 0 Å². The van der Waals surface area contributed by atoms with E-state index in [1.165, 1.54) is 33.5 Å². The molecule has 3 heteroatoms. The molecule has 0 heterocycles. The van der Waals surface area contributed by atoms with E-state index in [0.717, 1.165) is 0 Å². The van der Waals surface area contributed by atoms with Gasteiger partial charge in [-0.3, -0.25) is 0 Å². The first-order chi connectivity index (χ1) is 5.27. The second kappa shape index (κ2) is 51.8. The highest BCUT2D eigenvalue weighted by atomic mass is 14.4. The number of nitrogens with two attached hydrogens (primary N) is 3. The van der Waals surface area contributed by atoms with Crippen LogP contribution in [0, 0.1) is 5.92 Å². The zero-order valence-corrected chi connectivity index (χ0v) is 8.94. The smallest absolute Gasteiger partial charge is 0.0195 e. The van der Waals surface area contributed by atoms with E-state index in [0.29, 0.717) is 0 Å². The van der Waals surface area contributed by atoms with Gasteiger partial charge in [-0.2, -0.15) is 0 Å². The quantitative estimate of drug-likeness (QED) is 0.535. The van der Waals surface area contributed by atoms with Crippen molar-refractivity contribution in [3.05, 3.63) is 5.92 Å². The lowest BCUT2D eigenvalue weighted by Crippen LogP contribution is -1.73. The molecule has 0 aliphatic carbocycles. The third-order valence-corrected chi connectivity index (χ3v) is 0.707. The summed E-state index contributed by atoms with van der Waals surface area (Å²) in [5.41, 5.74) is 13.5. The average molecular weight is 164 g/mol. The number of hydrogen-bond donors (Lipinski definition) is 3. The summed E-state index contributed by atoms with van der Waals surface area (Å²) < 4.78 is 0. The zero-order chi connectivity index (χ0) is 10.3. The molecule has 11 heavy (non-hydrogen) atoms. The molecule has 0 aromatic heterocycles. The van der Waals surface area contributed by atoms with Crippen LogP contribution in [-0.4, -0.2) is 21.1 Å². The Hall–Kier alpha value is -0.120. The molecule has 3 nitrogen and oxygen atoms in total. The van der Waals surface area contributed by atoms with E-state index >= 15 is 0 Å². The van der Waals surface area contributed by atoms with Crippen molar-refractivity contribution in [1.29, 1.82) is 0 Å². The topological polar surface area (TPSA) is 78.1 Å². The Balaban J connectivity index is -0.0000000350. The number of rotatable bonds is 1. The van der Waals surface area contributed by atoms with Gasteiger partial charge in [-0.05, 0) is 27.1 Å². The Labute approximate surface area is 72.3 Å². The molecule has 0 aromatic carbocycles. The average Bonchev–Trinajstić information content (AvgIpc) is 2.15. The molecule has 1 radical (unpaired) electrons. The minimum absolute atomic E-state index is 1.22. The Morgan fingerprint density at radius 2 is 0.909 bits per heavy atom. The van der Waals surface area contributed by atoms with Crippen molar-refractivity contribution in [2.75, 3.05) is 21.1 Å². The minimum Gasteiger partial charge on any atom is -0.333 e. The SMILES string of the molecule is CC[C](C)C.CN.CN.CN. The number of hydrogen-bond acceptors (Lipinski definition) is 3. The Morgan fingerprint density at radius 3 is 0.909 bits per heavy atom. The standard InChI is InChI=1S/C5H11.3CH5N/c1-4-5(2)3;3*1-2/h4H2,1-3H3;3*2H2,1H3. The largest absolute Gasteiger partial charge is 0.333 e. The zero-order valence-electron chi connectivity index (χ0n) is 8.94. The van der Waals surface area contributed by atoms with Crippen LogP contribution in [0.1, 0.15) is 27.2 Å². The third kappa shape index (κ3) is 174. The van der Waals surface area contributed by atoms with Crippen LogP contribution in [0.2, 0.25) is 0 Å². The molecule has 0 bridgehead atoms. The fourth-order valence-corrected chi connectivity index (χ4v) is 0. The van der Waals surface area contributed by atoms with Gasteiger partial charge in [0.05, 0.1) is 0 Å². The Bertz CT molecular complexity index is 23.3. The molecule has 0 saturated heterocycles. The van der Waals surface area contributed by atoms with E-state index in [9.17, 15) is 0 Å². The van der Waals surface area contributed by atoms with Crippen molar-refractivity contribution < 1.29 is 0 Å². The summed E-state index contributed by atoms with van der Waals surface area (Å²) in [6.07, 6.45) is 1.22. The minimum atomic E-state index is 1.22. The molecule has 0 fully saturated rings. The second-order valence-electron chi connectivity index (χ2n) is 1.56. The lowest BCUT2D eigenvalue weighted by Gasteiger charge is -1.89. The van der Waals surface area contributed by atoms with Crippen LogP contribution in [0.25, 0.3) is 0 Å². The first-order valence-electron chi connectivity index (χ1n) is 3.79. The van der Waals surface area contributed by atoms with Gasteiger partial charge in [0.1, 0.15) is 0 Å². The molecule has 73 valence electrons. The summed E-state index contributed by atoms with van der Waals surface area (Å²) in [4.78, 5) is 0. The van der Waals surface area contributed by atoms with E-state index in [-0.39, 0.29) is 0 Å². The van der Waals surface area contributed by atoms with Gasteiger partial charge in [0.2, 0.25) is 0 Å². The maximum atomic E-state index is 4.50. The van der Waals surface area contributed by atoms with Crippen LogP contribution in [0.5, 0.6) is 0 Å². The Kier molecular flexibility index (Phi) is 106. The van der Waals surface area contributed by atoms with Crippen LogP contribution in [0.4, 0.5) is 0 Å². The van der Waals surface area contributed by atoms with Gasteiger partial charge in [0.25, 0.3) is 0 Å². The van der Waals surface area contributed by atoms with Crippen molar-refractivity contribution in [1.82, 2.24) is 0 Å². The summed E-state index contributed by atoms with van der Waals surface area (Å²) >= 11 is 0. The molecule has 0 aromatic rings. The summed E-state index contributed by atoms with van der Waals surface area (Å²) in [6.45, 7) is 6.44. The molecule has 0 spiro atoms. The molecule has 6 N–H and O–H groups in total. The van der Waals surface area contributed by atoms with Crippen molar-refractivity contribution in [2.24, 2.45) is 17.2 Å². The maximum Gasteiger partial charge on any atom is -0.0195 e. The van der Waals surface area contributed by atoms with Crippen molar-refractivity contribution >= 4 is 0 Å². The molecule has 0 rings (SSSR count). The molecular formula is C8H26N3. The maximum absolute atomic E-state index is 4.50. The normalized spacial score (nSPS) is 6.00. The van der Waals surface area contributed by atoms with E-state index in [2.05, 4.69) is 38.0 Å². The summed E-state index contributed by atoms with van der Waals surface area (Å²) in [5.74, 6) is 1.50. The van der Waals surface area contributed by atoms with Gasteiger partial charge in [-0.25, -0.2) is 0 Å². The molecule has 0 aliphatic rings. The second-order valence-corrected chi connectivity index (χ2v) is 1.56. The molecule has 0 aliphatic heterocycles. The molecule has 0 unspecified atom stereocenters. The van der Waals surface area contributed by atoms with E-state index in [1.807, 2.05) is 0 Å². The van der Waals surface area contributed by atoms with Crippen LogP contribution in [0.15, 0.2) is 0 Å². The molecule has 0 atom stereocenters. The van der Waals surface area contributed by atoms with Crippen molar-refractivity contribution in [3.63, 3.8) is 0 Å². The predicted molar refractivity (Wildman–Crippen MR) is 55.2 cm³/mol. The Morgan fingerprint density at radius 1 is 0.818 bits per heavy atom. The molecule has 0 amide bonds. The van der Waals surface area contributed by atoms with E-state index in [1.54, 1.807) is 0 Å². The molecule has 0 saturated carbocycles. The monoisotopic (exact) mass is 164 g/mol. The van der Waals surface area contributed by atoms with Crippen LogP contribution in [0.3, 0.4) is 0 Å². The van der Waals surface area contributed by atoms with Crippen LogP contribution < -0.4 is 17.2 Å². The van der Waals surface area contributed by atoms with Crippen LogP contribution >= 0.6 is 0 Å². The van der Waals surface area contributed by atoms with Crippen molar-refractivity contribution in [3.8, 4) is 0 Å². The molecular weight excluding hydrogens is 138 g/mol. The first kappa shape index (κ1) is 22.4. The fourth-order valence-electron chi connectivity index (χ4n) is 0. The van der Waals surface area contributed by atoms with E-state index in [4.69, 9.17) is 0 Å². The van der Waals surface area contributed by atoms with Gasteiger partial charge in [0.15, 0.2) is 0 Å². The highest BCUT2D eigenvalue weighted by molar-refractivity contribution is 4.72. The van der Waals surface area contributed by atoms with Crippen molar-refractivity contribution in [2.45, 2.75) is 27.2 Å². The van der Waals surface area contributed by atoms with Crippen LogP contribution in [-0.2, 0) is 0 Å². The van der Waals surface area contributed by atoms with Gasteiger partial charge < -0.3 is 17.2 Å². The van der Waals surface area contributed by atoms with E-state index < -0.39 is 0 Å². The summed E-state index contributed by atoms with van der Waals surface area (Å²) in [6, 6.07) is 0. The fraction of sp³-hybridized carbons (Fsp3) is 0.875. The first-order valence-corrected chi connectivity index (χ1v) is 3.79. The predicted octanol–water partition coefficient (Wildman–Crippen LogP) is 0.735. The van der Waals surface area contributed by atoms with Gasteiger partial charge in [0, 0.05) is 0 Å². The lowest BCUT2D eigenvalue weighted by molar-refractivity contribution is 0.923. The lowest BCUT2D eigenvalue weighted by atomic mass is 10.2. The summed E-state index contributed by atoms with van der Waals surface area (Å²) in [5, 5.41) is 0. The van der Waals surface area contributed by atoms with Gasteiger partial charge in [-0.1, -0.05) is 27.2 Å². The summed E-state index contributed by atoms with van der Waals surface area (Å²) in [7, 11) is 4.50. The highest BCUT2D eigenvalue weighted by Crippen LogP contribution is 1.97.